The van der Waals surface area contributed by atoms with Gasteiger partial charge in [-0.15, -0.1) is 0 Å². The minimum atomic E-state index is -0.753. The van der Waals surface area contributed by atoms with Crippen molar-refractivity contribution < 1.29 is 4.79 Å². The third-order valence-electron chi connectivity index (χ3n) is 3.04. The highest BCUT2D eigenvalue weighted by molar-refractivity contribution is 6.33. The van der Waals surface area contributed by atoms with Crippen molar-refractivity contribution in [2.75, 3.05) is 5.32 Å². The Labute approximate surface area is 104 Å². The molecule has 1 aromatic rings. The molecule has 1 aromatic carbocycles. The van der Waals surface area contributed by atoms with E-state index in [4.69, 9.17) is 22.6 Å². The van der Waals surface area contributed by atoms with Gasteiger partial charge in [0.1, 0.15) is 0 Å². The summed E-state index contributed by atoms with van der Waals surface area (Å²) in [6.07, 6.45) is 2.38. The van der Waals surface area contributed by atoms with E-state index in [1.807, 2.05) is 6.07 Å². The summed E-state index contributed by atoms with van der Waals surface area (Å²) >= 11 is 5.96. The largest absolute Gasteiger partial charge is 0.323 e. The Balaban J connectivity index is 2.14. The van der Waals surface area contributed by atoms with Gasteiger partial charge in [-0.1, -0.05) is 11.6 Å². The standard InChI is InChI=1S/C12H12ClN3O/c13-9-6-8(7-14)2-3-10(9)16-11(17)12(15)4-1-5-12/h2-3,6H,1,4-5,15H2,(H,16,17). The Morgan fingerprint density at radius 2 is 2.24 bits per heavy atom. The molecule has 1 saturated carbocycles. The van der Waals surface area contributed by atoms with Gasteiger partial charge in [0, 0.05) is 0 Å². The second kappa shape index (κ2) is 4.36. The van der Waals surface area contributed by atoms with Crippen molar-refractivity contribution in [1.29, 1.82) is 5.26 Å². The molecule has 5 heteroatoms. The summed E-state index contributed by atoms with van der Waals surface area (Å²) in [7, 11) is 0. The number of nitrogens with one attached hydrogen (secondary N) is 1. The molecule has 0 radical (unpaired) electrons. The van der Waals surface area contributed by atoms with Crippen LogP contribution in [0.1, 0.15) is 24.8 Å². The van der Waals surface area contributed by atoms with Gasteiger partial charge in [-0.05, 0) is 37.5 Å². The van der Waals surface area contributed by atoms with Crippen LogP contribution in [0.3, 0.4) is 0 Å². The zero-order valence-corrected chi connectivity index (χ0v) is 9.92. The normalized spacial score (nSPS) is 16.8. The first kappa shape index (κ1) is 11.9. The first-order valence-corrected chi connectivity index (χ1v) is 5.73. The van der Waals surface area contributed by atoms with Crippen LogP contribution in [-0.4, -0.2) is 11.4 Å². The van der Waals surface area contributed by atoms with E-state index in [0.717, 1.165) is 6.42 Å². The number of benzene rings is 1. The van der Waals surface area contributed by atoms with Gasteiger partial charge in [0.25, 0.3) is 0 Å². The fourth-order valence-corrected chi connectivity index (χ4v) is 1.95. The Kier molecular flexibility index (Phi) is 3.05. The lowest BCUT2D eigenvalue weighted by atomic mass is 9.77. The Bertz CT molecular complexity index is 503. The summed E-state index contributed by atoms with van der Waals surface area (Å²) in [4.78, 5) is 11.9. The van der Waals surface area contributed by atoms with E-state index in [9.17, 15) is 4.79 Å². The van der Waals surface area contributed by atoms with Crippen molar-refractivity contribution in [2.24, 2.45) is 5.73 Å². The number of nitrogens with two attached hydrogens (primary N) is 1. The average Bonchev–Trinajstić information content (AvgIpc) is 2.28. The number of nitrogens with zero attached hydrogens (tertiary/aromatic N) is 1. The van der Waals surface area contributed by atoms with E-state index in [1.54, 1.807) is 12.1 Å². The lowest BCUT2D eigenvalue weighted by molar-refractivity contribution is -0.123. The fourth-order valence-electron chi connectivity index (χ4n) is 1.72. The second-order valence-corrected chi connectivity index (χ2v) is 4.68. The van der Waals surface area contributed by atoms with E-state index >= 15 is 0 Å². The van der Waals surface area contributed by atoms with Crippen LogP contribution in [0, 0.1) is 11.3 Å². The predicted octanol–water partition coefficient (Wildman–Crippen LogP) is 2.03. The molecular weight excluding hydrogens is 238 g/mol. The number of nitriles is 1. The molecular formula is C12H12ClN3O. The summed E-state index contributed by atoms with van der Waals surface area (Å²) < 4.78 is 0. The molecule has 0 aromatic heterocycles. The Hall–Kier alpha value is -1.57. The number of carbonyl (C=O) groups excluding carboxylic acids is 1. The Morgan fingerprint density at radius 3 is 2.71 bits per heavy atom. The maximum Gasteiger partial charge on any atom is 0.244 e. The van der Waals surface area contributed by atoms with Crippen molar-refractivity contribution >= 4 is 23.2 Å². The first-order chi connectivity index (χ1) is 8.05. The van der Waals surface area contributed by atoms with Crippen LogP contribution in [0.2, 0.25) is 5.02 Å². The minimum Gasteiger partial charge on any atom is -0.323 e. The van der Waals surface area contributed by atoms with Crippen molar-refractivity contribution in [1.82, 2.24) is 0 Å². The third-order valence-corrected chi connectivity index (χ3v) is 3.36. The molecule has 0 heterocycles. The zero-order valence-electron chi connectivity index (χ0n) is 9.16. The molecule has 0 aliphatic heterocycles. The van der Waals surface area contributed by atoms with Crippen molar-refractivity contribution in [3.63, 3.8) is 0 Å². The summed E-state index contributed by atoms with van der Waals surface area (Å²) in [5.74, 6) is -0.213. The van der Waals surface area contributed by atoms with Gasteiger partial charge >= 0.3 is 0 Å². The van der Waals surface area contributed by atoms with E-state index in [-0.39, 0.29) is 5.91 Å². The Morgan fingerprint density at radius 1 is 1.53 bits per heavy atom. The van der Waals surface area contributed by atoms with E-state index in [1.165, 1.54) is 6.07 Å². The zero-order chi connectivity index (χ0) is 12.5. The van der Waals surface area contributed by atoms with Crippen LogP contribution in [0.5, 0.6) is 0 Å². The van der Waals surface area contributed by atoms with Crippen LogP contribution >= 0.6 is 11.6 Å². The van der Waals surface area contributed by atoms with Crippen molar-refractivity contribution in [3.05, 3.63) is 28.8 Å². The molecule has 3 N–H and O–H groups in total. The molecule has 1 aliphatic rings. The topological polar surface area (TPSA) is 78.9 Å². The molecule has 1 amide bonds. The van der Waals surface area contributed by atoms with Crippen LogP contribution in [-0.2, 0) is 4.79 Å². The summed E-state index contributed by atoms with van der Waals surface area (Å²) in [5, 5.41) is 11.7. The van der Waals surface area contributed by atoms with Crippen molar-refractivity contribution in [3.8, 4) is 6.07 Å². The highest BCUT2D eigenvalue weighted by Gasteiger charge is 2.40. The van der Waals surface area contributed by atoms with Gasteiger partial charge < -0.3 is 11.1 Å². The monoisotopic (exact) mass is 249 g/mol. The molecule has 2 rings (SSSR count). The predicted molar refractivity (Wildman–Crippen MR) is 65.6 cm³/mol. The highest BCUT2D eigenvalue weighted by Crippen LogP contribution is 2.31. The van der Waals surface area contributed by atoms with Gasteiger partial charge in [0.15, 0.2) is 0 Å². The van der Waals surface area contributed by atoms with Crippen LogP contribution < -0.4 is 11.1 Å². The molecule has 0 saturated heterocycles. The van der Waals surface area contributed by atoms with Crippen LogP contribution in [0.25, 0.3) is 0 Å². The number of hydrogen-bond acceptors (Lipinski definition) is 3. The third kappa shape index (κ3) is 2.26. The summed E-state index contributed by atoms with van der Waals surface area (Å²) in [5.41, 5.74) is 6.09. The van der Waals surface area contributed by atoms with Gasteiger partial charge in [-0.3, -0.25) is 4.79 Å². The molecule has 0 atom stereocenters. The lowest BCUT2D eigenvalue weighted by Crippen LogP contribution is -2.56. The van der Waals surface area contributed by atoms with Gasteiger partial charge in [0.05, 0.1) is 27.9 Å². The number of anilines is 1. The molecule has 4 nitrogen and oxygen atoms in total. The number of halogens is 1. The van der Waals surface area contributed by atoms with E-state index < -0.39 is 5.54 Å². The maximum absolute atomic E-state index is 11.9. The number of amides is 1. The molecule has 0 unspecified atom stereocenters. The quantitative estimate of drug-likeness (QED) is 0.842. The van der Waals surface area contributed by atoms with Crippen LogP contribution in [0.15, 0.2) is 18.2 Å². The number of rotatable bonds is 2. The molecule has 17 heavy (non-hydrogen) atoms. The molecule has 0 bridgehead atoms. The second-order valence-electron chi connectivity index (χ2n) is 4.27. The van der Waals surface area contributed by atoms with E-state index in [2.05, 4.69) is 5.32 Å². The summed E-state index contributed by atoms with van der Waals surface area (Å²) in [6, 6.07) is 6.71. The van der Waals surface area contributed by atoms with E-state index in [0.29, 0.717) is 29.1 Å². The highest BCUT2D eigenvalue weighted by atomic mass is 35.5. The number of carbonyl (C=O) groups is 1. The van der Waals surface area contributed by atoms with Gasteiger partial charge in [0.2, 0.25) is 5.91 Å². The van der Waals surface area contributed by atoms with Crippen molar-refractivity contribution in [2.45, 2.75) is 24.8 Å². The fraction of sp³-hybridized carbons (Fsp3) is 0.333. The molecule has 1 aliphatic carbocycles. The SMILES string of the molecule is N#Cc1ccc(NC(=O)C2(N)CCC2)c(Cl)c1. The first-order valence-electron chi connectivity index (χ1n) is 5.35. The molecule has 1 fully saturated rings. The number of hydrogen-bond donors (Lipinski definition) is 2. The summed E-state index contributed by atoms with van der Waals surface area (Å²) in [6.45, 7) is 0. The lowest BCUT2D eigenvalue weighted by Gasteiger charge is -2.36. The van der Waals surface area contributed by atoms with Gasteiger partial charge in [-0.25, -0.2) is 0 Å². The molecule has 88 valence electrons. The molecule has 0 spiro atoms. The minimum absolute atomic E-state index is 0.213. The van der Waals surface area contributed by atoms with Gasteiger partial charge in [-0.2, -0.15) is 5.26 Å². The smallest absolute Gasteiger partial charge is 0.244 e. The average molecular weight is 250 g/mol. The maximum atomic E-state index is 11.9. The van der Waals surface area contributed by atoms with Crippen LogP contribution in [0.4, 0.5) is 5.69 Å².